The van der Waals surface area contributed by atoms with Crippen LogP contribution in [0.1, 0.15) is 130 Å². The van der Waals surface area contributed by atoms with Gasteiger partial charge in [-0.25, -0.2) is 4.79 Å². The maximum Gasteiger partial charge on any atom is 0.426 e. The molecule has 0 spiro atoms. The molecule has 5 heteroatoms. The summed E-state index contributed by atoms with van der Waals surface area (Å²) >= 11 is 0. The number of benzene rings is 6. The number of fused-ring (bicyclic) bond motifs is 2. The fourth-order valence-electron chi connectivity index (χ4n) is 9.77. The number of rotatable bonds is 12. The maximum atomic E-state index is 16.4. The van der Waals surface area contributed by atoms with Crippen LogP contribution in [0.15, 0.2) is 121 Å². The first-order valence-electron chi connectivity index (χ1n) is 21.3. The van der Waals surface area contributed by atoms with Crippen LogP contribution in [-0.2, 0) is 6.11 Å². The number of hydrogen-bond donors (Lipinski definition) is 0. The van der Waals surface area contributed by atoms with Crippen LogP contribution in [0, 0.1) is 11.8 Å². The van der Waals surface area contributed by atoms with Gasteiger partial charge in [-0.1, -0.05) is 124 Å². The lowest BCUT2D eigenvalue weighted by atomic mass is 9.77. The summed E-state index contributed by atoms with van der Waals surface area (Å²) in [5.74, 6) is 2.29. The van der Waals surface area contributed by atoms with E-state index in [2.05, 4.69) is 26.0 Å². The lowest BCUT2D eigenvalue weighted by molar-refractivity contribution is -0.185. The molecule has 0 heterocycles. The van der Waals surface area contributed by atoms with E-state index in [0.29, 0.717) is 33.9 Å². The molecule has 2 saturated carbocycles. The van der Waals surface area contributed by atoms with Gasteiger partial charge in [0.05, 0.1) is 11.1 Å². The van der Waals surface area contributed by atoms with E-state index in [4.69, 9.17) is 9.47 Å². The molecule has 2 fully saturated rings. The van der Waals surface area contributed by atoms with Gasteiger partial charge in [-0.05, 0) is 144 Å². The van der Waals surface area contributed by atoms with E-state index in [9.17, 15) is 4.79 Å². The van der Waals surface area contributed by atoms with E-state index in [1.807, 2.05) is 78.9 Å². The molecule has 6 aromatic carbocycles. The Kier molecular flexibility index (Phi) is 11.7. The minimum atomic E-state index is -3.63. The zero-order chi connectivity index (χ0) is 39.4. The number of halogens is 2. The van der Waals surface area contributed by atoms with Gasteiger partial charge in [0.1, 0.15) is 11.5 Å². The lowest BCUT2D eigenvalue weighted by Gasteiger charge is -2.29. The summed E-state index contributed by atoms with van der Waals surface area (Å²) in [7, 11) is 0. The molecule has 0 unspecified atom stereocenters. The number of carbonyl (C=O) groups is 1. The first-order chi connectivity index (χ1) is 27.8. The molecule has 0 aromatic heterocycles. The molecule has 2 aliphatic rings. The Bertz CT molecular complexity index is 2300. The average Bonchev–Trinajstić information content (AvgIpc) is 3.24. The van der Waals surface area contributed by atoms with E-state index in [-0.39, 0.29) is 17.1 Å². The van der Waals surface area contributed by atoms with Gasteiger partial charge >= 0.3 is 12.1 Å². The van der Waals surface area contributed by atoms with Crippen molar-refractivity contribution in [3.63, 3.8) is 0 Å². The quantitative estimate of drug-likeness (QED) is 0.0919. The number of carbonyl (C=O) groups excluding carboxylic acids is 1. The predicted molar refractivity (Wildman–Crippen MR) is 228 cm³/mol. The Morgan fingerprint density at radius 2 is 1.02 bits per heavy atom. The minimum absolute atomic E-state index is 0.00341. The highest BCUT2D eigenvalue weighted by atomic mass is 19.3. The smallest absolute Gasteiger partial charge is 0.426 e. The largest absolute Gasteiger partial charge is 0.428 e. The number of hydrogen-bond acceptors (Lipinski definition) is 3. The van der Waals surface area contributed by atoms with Crippen molar-refractivity contribution in [1.29, 1.82) is 0 Å². The summed E-state index contributed by atoms with van der Waals surface area (Å²) in [5, 5.41) is 3.21. The summed E-state index contributed by atoms with van der Waals surface area (Å²) in [6.45, 7) is 4.50. The fourth-order valence-corrected chi connectivity index (χ4v) is 9.77. The van der Waals surface area contributed by atoms with Gasteiger partial charge in [0, 0.05) is 11.1 Å². The van der Waals surface area contributed by atoms with Gasteiger partial charge in [0.25, 0.3) is 0 Å². The predicted octanol–water partition coefficient (Wildman–Crippen LogP) is 15.2. The van der Waals surface area contributed by atoms with Gasteiger partial charge in [0.2, 0.25) is 0 Å². The highest BCUT2D eigenvalue weighted by molar-refractivity contribution is 6.10. The number of esters is 1. The van der Waals surface area contributed by atoms with Gasteiger partial charge in [-0.3, -0.25) is 0 Å². The van der Waals surface area contributed by atoms with Crippen LogP contribution >= 0.6 is 0 Å². The van der Waals surface area contributed by atoms with Crippen LogP contribution in [0.3, 0.4) is 0 Å². The van der Waals surface area contributed by atoms with Crippen LogP contribution < -0.4 is 9.47 Å². The maximum absolute atomic E-state index is 16.4. The third-order valence-corrected chi connectivity index (χ3v) is 12.9. The Morgan fingerprint density at radius 3 is 1.53 bits per heavy atom. The van der Waals surface area contributed by atoms with Gasteiger partial charge in [-0.15, -0.1) is 0 Å². The second kappa shape index (κ2) is 17.2. The van der Waals surface area contributed by atoms with Crippen molar-refractivity contribution in [3.05, 3.63) is 144 Å². The number of ether oxygens (including phenoxy) is 2. The first-order valence-corrected chi connectivity index (χ1v) is 21.3. The second-order valence-electron chi connectivity index (χ2n) is 16.6. The molecule has 2 aliphatic carbocycles. The van der Waals surface area contributed by atoms with Gasteiger partial charge in [0.15, 0.2) is 0 Å². The third kappa shape index (κ3) is 8.49. The normalized spacial score (nSPS) is 20.1. The van der Waals surface area contributed by atoms with Crippen molar-refractivity contribution >= 4 is 27.5 Å². The van der Waals surface area contributed by atoms with Crippen molar-refractivity contribution in [3.8, 4) is 22.6 Å². The minimum Gasteiger partial charge on any atom is -0.428 e. The third-order valence-electron chi connectivity index (χ3n) is 12.9. The Hall–Kier alpha value is -5.03. The molecule has 0 N–H and O–H groups in total. The Labute approximate surface area is 336 Å². The molecular weight excluding hydrogens is 711 g/mol. The number of alkyl halides is 2. The molecule has 57 heavy (non-hydrogen) atoms. The highest BCUT2D eigenvalue weighted by Crippen LogP contribution is 2.48. The van der Waals surface area contributed by atoms with Crippen molar-refractivity contribution in [1.82, 2.24) is 0 Å². The van der Waals surface area contributed by atoms with Crippen molar-refractivity contribution < 1.29 is 23.0 Å². The van der Waals surface area contributed by atoms with Crippen molar-refractivity contribution in [2.45, 2.75) is 109 Å². The lowest BCUT2D eigenvalue weighted by Crippen LogP contribution is -2.22. The molecule has 0 radical (unpaired) electrons. The summed E-state index contributed by atoms with van der Waals surface area (Å²) in [5.41, 5.74) is 3.58. The van der Waals surface area contributed by atoms with E-state index >= 15 is 8.78 Å². The van der Waals surface area contributed by atoms with E-state index in [1.54, 1.807) is 18.2 Å². The topological polar surface area (TPSA) is 35.5 Å². The second-order valence-corrected chi connectivity index (χ2v) is 16.6. The van der Waals surface area contributed by atoms with Crippen LogP contribution in [0.25, 0.3) is 32.7 Å². The molecule has 0 aliphatic heterocycles. The van der Waals surface area contributed by atoms with Gasteiger partial charge < -0.3 is 9.47 Å². The van der Waals surface area contributed by atoms with Crippen LogP contribution in [0.4, 0.5) is 8.78 Å². The van der Waals surface area contributed by atoms with Crippen LogP contribution in [0.5, 0.6) is 11.5 Å². The first kappa shape index (κ1) is 38.8. The molecule has 0 bridgehead atoms. The fraction of sp³-hybridized carbons (Fsp3) is 0.365. The summed E-state index contributed by atoms with van der Waals surface area (Å²) in [6, 6.07) is 37.0. The molecule has 0 saturated heterocycles. The SMILES string of the molecule is CCCC1CCC(c2ccc(C(=O)Oc3ccc4ccccc4c3-c3c(OC(F)(F)c4ccc(C5CCC(CCC)CC5)cc4)ccc4ccccc34)cc2)CC1. The molecular formula is C52H54F2O3. The summed E-state index contributed by atoms with van der Waals surface area (Å²) < 4.78 is 44.9. The molecule has 294 valence electrons. The van der Waals surface area contributed by atoms with E-state index in [1.165, 1.54) is 81.9 Å². The molecule has 3 nitrogen and oxygen atoms in total. The molecule has 8 rings (SSSR count). The summed E-state index contributed by atoms with van der Waals surface area (Å²) in [4.78, 5) is 13.9. The molecule has 0 atom stereocenters. The van der Waals surface area contributed by atoms with Crippen LogP contribution in [0.2, 0.25) is 0 Å². The average molecular weight is 765 g/mol. The van der Waals surface area contributed by atoms with Gasteiger partial charge in [-0.2, -0.15) is 8.78 Å². The highest BCUT2D eigenvalue weighted by Gasteiger charge is 2.37. The summed E-state index contributed by atoms with van der Waals surface area (Å²) in [6.07, 6.45) is 10.8. The molecule has 0 amide bonds. The zero-order valence-corrected chi connectivity index (χ0v) is 33.3. The standard InChI is InChI=1S/C52H54F2O3/c1-3-9-35-15-19-37(20-16-35)39-23-25-43(26-24-39)51(55)56-47-33-29-41-11-5-7-13-45(41)49(47)50-46-14-8-6-12-42(46)30-34-48(50)57-52(53,54)44-31-27-40(28-32-44)38-21-17-36(10-4-2)18-22-38/h5-8,11-14,23-38H,3-4,9-10,15-22H2,1-2H3. The molecule has 6 aromatic rings. The van der Waals surface area contributed by atoms with Crippen molar-refractivity contribution in [2.24, 2.45) is 11.8 Å². The Balaban J connectivity index is 1.11. The van der Waals surface area contributed by atoms with E-state index < -0.39 is 12.1 Å². The van der Waals surface area contributed by atoms with E-state index in [0.717, 1.165) is 46.4 Å². The monoisotopic (exact) mass is 764 g/mol. The van der Waals surface area contributed by atoms with Crippen LogP contribution in [-0.4, -0.2) is 5.97 Å². The van der Waals surface area contributed by atoms with Crippen molar-refractivity contribution in [2.75, 3.05) is 0 Å². The zero-order valence-electron chi connectivity index (χ0n) is 33.3. The Morgan fingerprint density at radius 1 is 0.561 bits per heavy atom.